The maximum absolute atomic E-state index is 13.8. The lowest BCUT2D eigenvalue weighted by Crippen LogP contribution is -2.39. The third kappa shape index (κ3) is 3.69. The molecule has 0 saturated carbocycles. The Balaban J connectivity index is 4.63. The van der Waals surface area contributed by atoms with Crippen molar-refractivity contribution in [2.24, 2.45) is 5.41 Å². The summed E-state index contributed by atoms with van der Waals surface area (Å²) in [7, 11) is 0. The highest BCUT2D eigenvalue weighted by atomic mass is 19.3. The van der Waals surface area contributed by atoms with Crippen molar-refractivity contribution < 1.29 is 13.9 Å². The normalized spacial score (nSPS) is 20.2. The van der Waals surface area contributed by atoms with Gasteiger partial charge in [-0.1, -0.05) is 27.7 Å². The van der Waals surface area contributed by atoms with E-state index < -0.39 is 16.9 Å². The lowest BCUT2D eigenvalue weighted by molar-refractivity contribution is -0.129. The molecule has 0 spiro atoms. The van der Waals surface area contributed by atoms with E-state index in [1.54, 1.807) is 20.8 Å². The zero-order valence-electron chi connectivity index (χ0n) is 11.2. The van der Waals surface area contributed by atoms with E-state index in [4.69, 9.17) is 0 Å². The zero-order valence-corrected chi connectivity index (χ0v) is 11.2. The number of hydrogen-bond acceptors (Lipinski definition) is 1. The molecule has 0 aromatic carbocycles. The summed E-state index contributed by atoms with van der Waals surface area (Å²) in [5.74, 6) is -2.65. The molecule has 0 heterocycles. The SMILES string of the molecule is CCC(C)(O)CCC(C)(CC)C(F)(F)CC. The van der Waals surface area contributed by atoms with Crippen molar-refractivity contribution in [1.29, 1.82) is 0 Å². The summed E-state index contributed by atoms with van der Waals surface area (Å²) in [5, 5.41) is 9.88. The van der Waals surface area contributed by atoms with Gasteiger partial charge in [-0.05, 0) is 32.6 Å². The van der Waals surface area contributed by atoms with E-state index in [1.165, 1.54) is 6.92 Å². The third-order valence-corrected chi connectivity index (χ3v) is 4.08. The van der Waals surface area contributed by atoms with E-state index in [1.807, 2.05) is 6.92 Å². The van der Waals surface area contributed by atoms with Crippen molar-refractivity contribution in [3.8, 4) is 0 Å². The fourth-order valence-electron chi connectivity index (χ4n) is 1.77. The molecule has 0 amide bonds. The van der Waals surface area contributed by atoms with E-state index in [0.717, 1.165) is 0 Å². The van der Waals surface area contributed by atoms with Crippen LogP contribution in [0.2, 0.25) is 0 Å². The molecule has 0 radical (unpaired) electrons. The van der Waals surface area contributed by atoms with Crippen LogP contribution in [0.15, 0.2) is 0 Å². The standard InChI is InChI=1S/C13H26F2O/c1-6-11(4,13(14,15)8-3)9-10-12(5,16)7-2/h16H,6-10H2,1-5H3. The number of rotatable bonds is 7. The molecule has 0 aliphatic heterocycles. The Morgan fingerprint density at radius 2 is 1.38 bits per heavy atom. The molecule has 0 aliphatic carbocycles. The summed E-state index contributed by atoms with van der Waals surface area (Å²) in [6.45, 7) is 8.53. The van der Waals surface area contributed by atoms with Gasteiger partial charge in [-0.25, -0.2) is 8.78 Å². The maximum Gasteiger partial charge on any atom is 0.253 e. The molecular formula is C13H26F2O. The van der Waals surface area contributed by atoms with Crippen LogP contribution in [0.25, 0.3) is 0 Å². The lowest BCUT2D eigenvalue weighted by Gasteiger charge is -2.38. The molecule has 98 valence electrons. The van der Waals surface area contributed by atoms with E-state index in [-0.39, 0.29) is 6.42 Å². The second kappa shape index (κ2) is 5.44. The molecule has 1 nitrogen and oxygen atoms in total. The van der Waals surface area contributed by atoms with Gasteiger partial charge in [0.15, 0.2) is 0 Å². The third-order valence-electron chi connectivity index (χ3n) is 4.08. The van der Waals surface area contributed by atoms with Crippen molar-refractivity contribution >= 4 is 0 Å². The number of alkyl halides is 2. The minimum atomic E-state index is -2.65. The van der Waals surface area contributed by atoms with Gasteiger partial charge in [-0.15, -0.1) is 0 Å². The Labute approximate surface area is 98.2 Å². The van der Waals surface area contributed by atoms with Gasteiger partial charge in [-0.3, -0.25) is 0 Å². The Hall–Kier alpha value is -0.180. The molecule has 0 aromatic heterocycles. The summed E-state index contributed by atoms with van der Waals surface area (Å²) in [6, 6.07) is 0. The van der Waals surface area contributed by atoms with Crippen LogP contribution in [0.4, 0.5) is 8.78 Å². The van der Waals surface area contributed by atoms with Gasteiger partial charge in [0.1, 0.15) is 0 Å². The Morgan fingerprint density at radius 1 is 0.875 bits per heavy atom. The molecule has 0 fully saturated rings. The average molecular weight is 236 g/mol. The topological polar surface area (TPSA) is 20.2 Å². The van der Waals surface area contributed by atoms with Crippen molar-refractivity contribution in [3.05, 3.63) is 0 Å². The van der Waals surface area contributed by atoms with Crippen molar-refractivity contribution in [2.75, 3.05) is 0 Å². The van der Waals surface area contributed by atoms with Crippen molar-refractivity contribution in [3.63, 3.8) is 0 Å². The van der Waals surface area contributed by atoms with Crippen LogP contribution in [0.3, 0.4) is 0 Å². The van der Waals surface area contributed by atoms with Crippen LogP contribution in [-0.4, -0.2) is 16.6 Å². The first-order valence-corrected chi connectivity index (χ1v) is 6.24. The minimum Gasteiger partial charge on any atom is -0.390 e. The molecule has 0 rings (SSSR count). The van der Waals surface area contributed by atoms with E-state index in [9.17, 15) is 13.9 Å². The Kier molecular flexibility index (Phi) is 5.37. The Bertz CT molecular complexity index is 214. The first kappa shape index (κ1) is 15.8. The lowest BCUT2D eigenvalue weighted by atomic mass is 9.73. The monoisotopic (exact) mass is 236 g/mol. The van der Waals surface area contributed by atoms with Crippen molar-refractivity contribution in [2.45, 2.75) is 78.2 Å². The molecule has 16 heavy (non-hydrogen) atoms. The van der Waals surface area contributed by atoms with Gasteiger partial charge in [0, 0.05) is 11.8 Å². The van der Waals surface area contributed by atoms with Crippen LogP contribution in [0.1, 0.15) is 66.7 Å². The van der Waals surface area contributed by atoms with Gasteiger partial charge in [0.05, 0.1) is 5.60 Å². The highest BCUT2D eigenvalue weighted by Crippen LogP contribution is 2.46. The second-order valence-electron chi connectivity index (χ2n) is 5.32. The first-order valence-electron chi connectivity index (χ1n) is 6.24. The quantitative estimate of drug-likeness (QED) is 0.695. The smallest absolute Gasteiger partial charge is 0.253 e. The van der Waals surface area contributed by atoms with Crippen LogP contribution < -0.4 is 0 Å². The molecular weight excluding hydrogens is 210 g/mol. The van der Waals surface area contributed by atoms with Gasteiger partial charge < -0.3 is 5.11 Å². The van der Waals surface area contributed by atoms with E-state index >= 15 is 0 Å². The van der Waals surface area contributed by atoms with Crippen LogP contribution >= 0.6 is 0 Å². The summed E-state index contributed by atoms with van der Waals surface area (Å²) >= 11 is 0. The predicted molar refractivity (Wildman–Crippen MR) is 63.8 cm³/mol. The molecule has 2 atom stereocenters. The van der Waals surface area contributed by atoms with Gasteiger partial charge in [0.25, 0.3) is 5.92 Å². The van der Waals surface area contributed by atoms with E-state index in [0.29, 0.717) is 25.7 Å². The molecule has 3 heteroatoms. The van der Waals surface area contributed by atoms with Crippen LogP contribution in [-0.2, 0) is 0 Å². The minimum absolute atomic E-state index is 0.133. The summed E-state index contributed by atoms with van der Waals surface area (Å²) < 4.78 is 27.6. The number of aliphatic hydroxyl groups is 1. The zero-order chi connectivity index (χ0) is 13.0. The fourth-order valence-corrected chi connectivity index (χ4v) is 1.77. The van der Waals surface area contributed by atoms with Gasteiger partial charge >= 0.3 is 0 Å². The molecule has 0 bridgehead atoms. The summed E-state index contributed by atoms with van der Waals surface area (Å²) in [4.78, 5) is 0. The number of halogens is 2. The largest absolute Gasteiger partial charge is 0.390 e. The molecule has 0 aliphatic rings. The maximum atomic E-state index is 13.8. The summed E-state index contributed by atoms with van der Waals surface area (Å²) in [5.41, 5.74) is -1.82. The van der Waals surface area contributed by atoms with Crippen LogP contribution in [0, 0.1) is 5.41 Å². The first-order chi connectivity index (χ1) is 7.14. The number of hydrogen-bond donors (Lipinski definition) is 1. The predicted octanol–water partition coefficient (Wildman–Crippen LogP) is 4.39. The van der Waals surface area contributed by atoms with Crippen LogP contribution in [0.5, 0.6) is 0 Å². The Morgan fingerprint density at radius 3 is 1.69 bits per heavy atom. The van der Waals surface area contributed by atoms with Gasteiger partial charge in [0.2, 0.25) is 0 Å². The van der Waals surface area contributed by atoms with E-state index in [2.05, 4.69) is 0 Å². The van der Waals surface area contributed by atoms with Gasteiger partial charge in [-0.2, -0.15) is 0 Å². The highest BCUT2D eigenvalue weighted by molar-refractivity contribution is 4.89. The molecule has 2 unspecified atom stereocenters. The average Bonchev–Trinajstić information content (AvgIpc) is 2.25. The molecule has 1 N–H and O–H groups in total. The van der Waals surface area contributed by atoms with Crippen molar-refractivity contribution in [1.82, 2.24) is 0 Å². The second-order valence-corrected chi connectivity index (χ2v) is 5.32. The molecule has 0 saturated heterocycles. The fraction of sp³-hybridized carbons (Fsp3) is 1.00. The molecule has 0 aromatic rings. The highest BCUT2D eigenvalue weighted by Gasteiger charge is 2.47. The summed E-state index contributed by atoms with van der Waals surface area (Å²) in [6.07, 6.45) is 1.71.